The summed E-state index contributed by atoms with van der Waals surface area (Å²) in [5, 5.41) is 10.8. The molecule has 7 nitrogen and oxygen atoms in total. The highest BCUT2D eigenvalue weighted by atomic mass is 127. The van der Waals surface area contributed by atoms with Gasteiger partial charge in [0.05, 0.1) is 27.9 Å². The number of methoxy groups -OCH3 is 1. The molecule has 3 aromatic carbocycles. The minimum atomic E-state index is -1.33. The molecule has 2 fully saturated rings. The van der Waals surface area contributed by atoms with Gasteiger partial charge < -0.3 is 9.84 Å². The molecule has 0 bridgehead atoms. The third-order valence-electron chi connectivity index (χ3n) is 10.4. The number of aromatic hydroxyl groups is 1. The fourth-order valence-electron chi connectivity index (χ4n) is 8.54. The van der Waals surface area contributed by atoms with E-state index in [1.807, 2.05) is 95.4 Å². The summed E-state index contributed by atoms with van der Waals surface area (Å²) in [4.78, 5) is 58.5. The zero-order valence-corrected chi connectivity index (χ0v) is 27.1. The summed E-state index contributed by atoms with van der Waals surface area (Å²) in [6, 6.07) is 22.3. The van der Waals surface area contributed by atoms with Crippen LogP contribution in [-0.4, -0.2) is 47.0 Å². The van der Waals surface area contributed by atoms with Crippen molar-refractivity contribution in [2.75, 3.05) is 13.7 Å². The van der Waals surface area contributed by atoms with E-state index in [-0.39, 0.29) is 41.3 Å². The molecule has 7 rings (SSSR count). The van der Waals surface area contributed by atoms with E-state index in [4.69, 9.17) is 4.74 Å². The van der Waals surface area contributed by atoms with E-state index in [0.717, 1.165) is 5.57 Å². The number of rotatable bonds is 5. The van der Waals surface area contributed by atoms with Crippen LogP contribution >= 0.6 is 22.6 Å². The maximum Gasteiger partial charge on any atom is 0.233 e. The Labute approximate surface area is 275 Å². The number of ether oxygens (including phenoxy) is 1. The summed E-state index contributed by atoms with van der Waals surface area (Å²) in [7, 11) is 1.48. The second-order valence-corrected chi connectivity index (χ2v) is 13.4. The van der Waals surface area contributed by atoms with Crippen molar-refractivity contribution in [3.05, 3.63) is 111 Å². The molecule has 1 aliphatic heterocycles. The second-order valence-electron chi connectivity index (χ2n) is 12.3. The van der Waals surface area contributed by atoms with Crippen molar-refractivity contribution in [3.8, 4) is 11.5 Å². The number of nitrogens with zero attached hydrogens (tertiary/aromatic N) is 1. The Morgan fingerprint density at radius 3 is 2.31 bits per heavy atom. The van der Waals surface area contributed by atoms with E-state index in [1.54, 1.807) is 13.0 Å². The van der Waals surface area contributed by atoms with Gasteiger partial charge in [-0.25, -0.2) is 0 Å². The number of imide groups is 1. The third-order valence-corrected chi connectivity index (χ3v) is 11.2. The highest BCUT2D eigenvalue weighted by Crippen LogP contribution is 2.64. The SMILES string of the molecule is CCN1C(=O)C2CC=C3C(CC4C(=O)C(c5ccccc5)=CC(=O)C4(c4ccccc4)C3c3cc(I)c(O)c(OC)c3)C2C1=O. The quantitative estimate of drug-likeness (QED) is 0.203. The predicted octanol–water partition coefficient (Wildman–Crippen LogP) is 5.85. The smallest absolute Gasteiger partial charge is 0.233 e. The highest BCUT2D eigenvalue weighted by molar-refractivity contribution is 14.1. The van der Waals surface area contributed by atoms with Gasteiger partial charge in [-0.3, -0.25) is 24.1 Å². The van der Waals surface area contributed by atoms with E-state index in [9.17, 15) is 19.5 Å². The fourth-order valence-corrected chi connectivity index (χ4v) is 9.17. The van der Waals surface area contributed by atoms with Crippen molar-refractivity contribution in [1.82, 2.24) is 4.90 Å². The van der Waals surface area contributed by atoms with Gasteiger partial charge in [-0.15, -0.1) is 0 Å². The zero-order valence-electron chi connectivity index (χ0n) is 24.9. The molecule has 1 saturated heterocycles. The van der Waals surface area contributed by atoms with Crippen LogP contribution in [-0.2, 0) is 24.6 Å². The van der Waals surface area contributed by atoms with Gasteiger partial charge in [0.2, 0.25) is 11.8 Å². The molecule has 0 spiro atoms. The summed E-state index contributed by atoms with van der Waals surface area (Å²) in [5.41, 5.74) is 2.01. The number of allylic oxidation sites excluding steroid dienone is 4. The molecule has 3 aliphatic carbocycles. The van der Waals surface area contributed by atoms with Gasteiger partial charge >= 0.3 is 0 Å². The molecule has 0 radical (unpaired) electrons. The maximum atomic E-state index is 15.0. The Kier molecular flexibility index (Phi) is 7.30. The number of hydrogen-bond acceptors (Lipinski definition) is 6. The second kappa shape index (κ2) is 11.1. The number of halogens is 1. The van der Waals surface area contributed by atoms with Gasteiger partial charge in [0.15, 0.2) is 23.1 Å². The molecule has 1 saturated carbocycles. The monoisotopic (exact) mass is 713 g/mol. The van der Waals surface area contributed by atoms with Gasteiger partial charge in [-0.2, -0.15) is 0 Å². The lowest BCUT2D eigenvalue weighted by Crippen LogP contribution is -2.58. The summed E-state index contributed by atoms with van der Waals surface area (Å²) < 4.78 is 6.12. The molecular weight excluding hydrogens is 681 g/mol. The largest absolute Gasteiger partial charge is 0.504 e. The normalized spacial score (nSPS) is 29.0. The summed E-state index contributed by atoms with van der Waals surface area (Å²) in [5.74, 6) is -3.47. The number of carbonyl (C=O) groups excluding carboxylic acids is 4. The van der Waals surface area contributed by atoms with E-state index < -0.39 is 35.0 Å². The van der Waals surface area contributed by atoms with Gasteiger partial charge in [0.1, 0.15) is 0 Å². The van der Waals surface area contributed by atoms with Crippen molar-refractivity contribution in [1.29, 1.82) is 0 Å². The number of likely N-dealkylation sites (tertiary alicyclic amines) is 1. The molecule has 1 heterocycles. The number of Topliss-reactive ketones (excluding diaryl/α,β-unsaturated/α-hetero) is 1. The van der Waals surface area contributed by atoms with Crippen molar-refractivity contribution in [2.24, 2.45) is 23.7 Å². The number of fused-ring (bicyclic) bond motifs is 4. The number of hydrogen-bond donors (Lipinski definition) is 1. The first-order valence-electron chi connectivity index (χ1n) is 15.3. The minimum Gasteiger partial charge on any atom is -0.504 e. The number of carbonyl (C=O) groups is 4. The van der Waals surface area contributed by atoms with Crippen molar-refractivity contribution >= 4 is 51.5 Å². The third kappa shape index (κ3) is 4.21. The minimum absolute atomic E-state index is 0.00956. The lowest BCUT2D eigenvalue weighted by atomic mass is 9.44. The first-order valence-corrected chi connectivity index (χ1v) is 16.3. The van der Waals surface area contributed by atoms with Crippen LogP contribution in [0.5, 0.6) is 11.5 Å². The van der Waals surface area contributed by atoms with Crippen LogP contribution < -0.4 is 4.74 Å². The summed E-state index contributed by atoms with van der Waals surface area (Å²) in [6.45, 7) is 2.09. The fraction of sp³-hybridized carbons (Fsp3) is 0.297. The number of ketones is 2. The van der Waals surface area contributed by atoms with Crippen LogP contribution in [0.1, 0.15) is 42.4 Å². The number of phenolic OH excluding ortho intramolecular Hbond substituents is 1. The maximum absolute atomic E-state index is 15.0. The van der Waals surface area contributed by atoms with Crippen LogP contribution in [0, 0.1) is 27.2 Å². The molecule has 45 heavy (non-hydrogen) atoms. The predicted molar refractivity (Wildman–Crippen MR) is 176 cm³/mol. The van der Waals surface area contributed by atoms with Crippen LogP contribution in [0.25, 0.3) is 5.57 Å². The van der Waals surface area contributed by atoms with Gasteiger partial charge in [0, 0.05) is 24.0 Å². The van der Waals surface area contributed by atoms with Crippen molar-refractivity contribution in [3.63, 3.8) is 0 Å². The van der Waals surface area contributed by atoms with Crippen LogP contribution in [0.2, 0.25) is 0 Å². The molecule has 0 aromatic heterocycles. The molecule has 3 aromatic rings. The average Bonchev–Trinajstić information content (AvgIpc) is 3.32. The van der Waals surface area contributed by atoms with Crippen molar-refractivity contribution in [2.45, 2.75) is 31.1 Å². The van der Waals surface area contributed by atoms with E-state index in [1.165, 1.54) is 18.1 Å². The standard InChI is InChI=1S/C37H32INO6/c1-3-39-35(43)24-15-14-23-26(31(24)36(39)44)18-27-33(41)25(20-10-6-4-7-11-20)19-30(40)37(27,22-12-8-5-9-13-22)32(23)21-16-28(38)34(42)29(17-21)45-2/h4-14,16-17,19,24,26-27,31-32,42H,3,15,18H2,1-2H3. The van der Waals surface area contributed by atoms with Gasteiger partial charge in [-0.05, 0) is 83.2 Å². The summed E-state index contributed by atoms with van der Waals surface area (Å²) >= 11 is 2.05. The molecule has 2 amide bonds. The van der Waals surface area contributed by atoms with Crippen LogP contribution in [0.4, 0.5) is 0 Å². The van der Waals surface area contributed by atoms with Gasteiger partial charge in [0.25, 0.3) is 0 Å². The number of benzene rings is 3. The lowest BCUT2D eigenvalue weighted by Gasteiger charge is -2.55. The Balaban J connectivity index is 1.54. The molecule has 228 valence electrons. The van der Waals surface area contributed by atoms with Crippen molar-refractivity contribution < 1.29 is 29.0 Å². The molecule has 6 unspecified atom stereocenters. The van der Waals surface area contributed by atoms with Gasteiger partial charge in [-0.1, -0.05) is 72.3 Å². The zero-order chi connectivity index (χ0) is 31.6. The Morgan fingerprint density at radius 2 is 1.64 bits per heavy atom. The van der Waals surface area contributed by atoms with Crippen LogP contribution in [0.3, 0.4) is 0 Å². The topological polar surface area (TPSA) is 101 Å². The first-order chi connectivity index (χ1) is 21.7. The number of phenols is 1. The van der Waals surface area contributed by atoms with E-state index >= 15 is 4.79 Å². The molecular formula is C37H32INO6. The summed E-state index contributed by atoms with van der Waals surface area (Å²) in [6.07, 6.45) is 4.19. The molecule has 4 aliphatic rings. The van der Waals surface area contributed by atoms with E-state index in [2.05, 4.69) is 0 Å². The Hall–Kier alpha value is -4.05. The average molecular weight is 714 g/mol. The number of amides is 2. The lowest BCUT2D eigenvalue weighted by molar-refractivity contribution is -0.140. The Bertz CT molecular complexity index is 1810. The molecule has 8 heteroatoms. The molecule has 6 atom stereocenters. The molecule has 1 N–H and O–H groups in total. The van der Waals surface area contributed by atoms with E-state index in [0.29, 0.717) is 38.8 Å². The first kappa shape index (κ1) is 29.6. The highest BCUT2D eigenvalue weighted by Gasteiger charge is 2.65. The van der Waals surface area contributed by atoms with Crippen LogP contribution in [0.15, 0.2) is 90.5 Å². The Morgan fingerprint density at radius 1 is 0.956 bits per heavy atom.